The van der Waals surface area contributed by atoms with Gasteiger partial charge in [0.05, 0.1) is 18.8 Å². The van der Waals surface area contributed by atoms with E-state index in [1.807, 2.05) is 0 Å². The van der Waals surface area contributed by atoms with Crippen LogP contribution in [-0.2, 0) is 9.53 Å². The molecule has 1 aliphatic heterocycles. The van der Waals surface area contributed by atoms with Crippen molar-refractivity contribution >= 4 is 33.6 Å². The summed E-state index contributed by atoms with van der Waals surface area (Å²) in [6, 6.07) is 3.61. The van der Waals surface area contributed by atoms with Gasteiger partial charge >= 0.3 is 12.0 Å². The molecule has 0 spiro atoms. The summed E-state index contributed by atoms with van der Waals surface area (Å²) in [5.74, 6) is -1.69. The van der Waals surface area contributed by atoms with E-state index in [0.717, 1.165) is 0 Å². The van der Waals surface area contributed by atoms with Crippen molar-refractivity contribution in [1.82, 2.24) is 4.90 Å². The maximum absolute atomic E-state index is 13.5. The molecule has 8 heteroatoms. The van der Waals surface area contributed by atoms with Gasteiger partial charge in [-0.3, -0.25) is 0 Å². The molecule has 20 heavy (non-hydrogen) atoms. The van der Waals surface area contributed by atoms with Gasteiger partial charge in [0.15, 0.2) is 6.10 Å². The number of nitrogens with zero attached hydrogens (tertiary/aromatic N) is 1. The van der Waals surface area contributed by atoms with Crippen molar-refractivity contribution in [1.29, 1.82) is 0 Å². The number of urea groups is 1. The zero-order valence-corrected chi connectivity index (χ0v) is 11.9. The van der Waals surface area contributed by atoms with Crippen LogP contribution in [0.25, 0.3) is 0 Å². The van der Waals surface area contributed by atoms with Gasteiger partial charge in [0.1, 0.15) is 5.82 Å². The first-order valence-electron chi connectivity index (χ1n) is 5.83. The van der Waals surface area contributed by atoms with Crippen LogP contribution in [0.3, 0.4) is 0 Å². The van der Waals surface area contributed by atoms with Crippen molar-refractivity contribution in [2.75, 3.05) is 25.0 Å². The number of anilines is 1. The van der Waals surface area contributed by atoms with Gasteiger partial charge in [0.2, 0.25) is 0 Å². The average molecular weight is 347 g/mol. The topological polar surface area (TPSA) is 78.9 Å². The molecule has 0 bridgehead atoms. The Morgan fingerprint density at radius 3 is 2.95 bits per heavy atom. The molecule has 1 aliphatic rings. The van der Waals surface area contributed by atoms with Crippen LogP contribution in [0.4, 0.5) is 14.9 Å². The maximum Gasteiger partial charge on any atom is 0.334 e. The Kier molecular flexibility index (Phi) is 4.56. The molecule has 0 saturated carbocycles. The molecule has 0 aliphatic carbocycles. The highest BCUT2D eigenvalue weighted by Crippen LogP contribution is 2.20. The molecule has 108 valence electrons. The molecule has 0 radical (unpaired) electrons. The van der Waals surface area contributed by atoms with E-state index in [1.54, 1.807) is 0 Å². The number of hydrogen-bond donors (Lipinski definition) is 2. The van der Waals surface area contributed by atoms with Gasteiger partial charge < -0.3 is 20.1 Å². The SMILES string of the molecule is O=C(O)C1CN(C(=O)Nc2cc(Br)ccc2F)CCO1. The normalized spacial score (nSPS) is 18.7. The van der Waals surface area contributed by atoms with Crippen molar-refractivity contribution in [3.05, 3.63) is 28.5 Å². The summed E-state index contributed by atoms with van der Waals surface area (Å²) in [5.41, 5.74) is 0.0303. The number of aliphatic carboxylic acids is 1. The van der Waals surface area contributed by atoms with Crippen molar-refractivity contribution in [3.63, 3.8) is 0 Å². The van der Waals surface area contributed by atoms with E-state index in [1.165, 1.54) is 23.1 Å². The Morgan fingerprint density at radius 2 is 2.25 bits per heavy atom. The molecule has 1 aromatic carbocycles. The number of hydrogen-bond acceptors (Lipinski definition) is 3. The van der Waals surface area contributed by atoms with Crippen LogP contribution in [0.15, 0.2) is 22.7 Å². The first-order chi connectivity index (χ1) is 9.47. The van der Waals surface area contributed by atoms with Gasteiger partial charge in [-0.1, -0.05) is 15.9 Å². The second-order valence-electron chi connectivity index (χ2n) is 4.20. The second-order valence-corrected chi connectivity index (χ2v) is 5.11. The number of carbonyl (C=O) groups is 2. The lowest BCUT2D eigenvalue weighted by molar-refractivity contribution is -0.154. The minimum Gasteiger partial charge on any atom is -0.479 e. The van der Waals surface area contributed by atoms with Gasteiger partial charge in [0.25, 0.3) is 0 Å². The predicted molar refractivity (Wildman–Crippen MR) is 72.1 cm³/mol. The summed E-state index contributed by atoms with van der Waals surface area (Å²) in [6.07, 6.45) is -1.05. The molecule has 2 rings (SSSR count). The molecule has 1 unspecified atom stereocenters. The maximum atomic E-state index is 13.5. The number of carboxylic acids is 1. The number of morpholine rings is 1. The Balaban J connectivity index is 2.04. The fourth-order valence-electron chi connectivity index (χ4n) is 1.77. The fourth-order valence-corrected chi connectivity index (χ4v) is 2.13. The molecule has 2 amide bonds. The van der Waals surface area contributed by atoms with Crippen molar-refractivity contribution < 1.29 is 23.8 Å². The monoisotopic (exact) mass is 346 g/mol. The largest absolute Gasteiger partial charge is 0.479 e. The van der Waals surface area contributed by atoms with E-state index in [9.17, 15) is 14.0 Å². The van der Waals surface area contributed by atoms with Crippen LogP contribution in [0.5, 0.6) is 0 Å². The minimum atomic E-state index is -1.13. The summed E-state index contributed by atoms with van der Waals surface area (Å²) >= 11 is 3.18. The molecule has 1 saturated heterocycles. The van der Waals surface area contributed by atoms with E-state index in [0.29, 0.717) is 4.47 Å². The Bertz CT molecular complexity index is 540. The smallest absolute Gasteiger partial charge is 0.334 e. The fraction of sp³-hybridized carbons (Fsp3) is 0.333. The lowest BCUT2D eigenvalue weighted by atomic mass is 10.3. The Hall–Kier alpha value is -1.67. The molecule has 1 heterocycles. The highest BCUT2D eigenvalue weighted by molar-refractivity contribution is 9.10. The van der Waals surface area contributed by atoms with E-state index >= 15 is 0 Å². The number of ether oxygens (including phenoxy) is 1. The molecular formula is C12H12BrFN2O4. The highest BCUT2D eigenvalue weighted by Gasteiger charge is 2.29. The molecule has 1 atom stereocenters. The van der Waals surface area contributed by atoms with Crippen LogP contribution < -0.4 is 5.32 Å². The van der Waals surface area contributed by atoms with Crippen molar-refractivity contribution in [2.45, 2.75) is 6.10 Å². The lowest BCUT2D eigenvalue weighted by Gasteiger charge is -2.30. The zero-order valence-electron chi connectivity index (χ0n) is 10.3. The Labute approximate surface area is 122 Å². The number of carboxylic acid groups (broad SMARTS) is 1. The van der Waals surface area contributed by atoms with E-state index in [2.05, 4.69) is 21.2 Å². The van der Waals surface area contributed by atoms with Gasteiger partial charge in [-0.25, -0.2) is 14.0 Å². The van der Waals surface area contributed by atoms with Crippen LogP contribution >= 0.6 is 15.9 Å². The van der Waals surface area contributed by atoms with Crippen LogP contribution in [-0.4, -0.2) is 47.8 Å². The average Bonchev–Trinajstić information content (AvgIpc) is 2.43. The summed E-state index contributed by atoms with van der Waals surface area (Å²) in [5, 5.41) is 11.3. The second kappa shape index (κ2) is 6.19. The third kappa shape index (κ3) is 3.45. The molecule has 1 aromatic rings. The quantitative estimate of drug-likeness (QED) is 0.857. The van der Waals surface area contributed by atoms with Gasteiger partial charge in [0, 0.05) is 11.0 Å². The van der Waals surface area contributed by atoms with E-state index < -0.39 is 23.9 Å². The molecule has 1 fully saturated rings. The van der Waals surface area contributed by atoms with Crippen LogP contribution in [0.2, 0.25) is 0 Å². The van der Waals surface area contributed by atoms with Crippen LogP contribution in [0.1, 0.15) is 0 Å². The van der Waals surface area contributed by atoms with Gasteiger partial charge in [-0.05, 0) is 18.2 Å². The first-order valence-corrected chi connectivity index (χ1v) is 6.62. The Morgan fingerprint density at radius 1 is 1.50 bits per heavy atom. The summed E-state index contributed by atoms with van der Waals surface area (Å²) in [4.78, 5) is 24.1. The molecule has 6 nitrogen and oxygen atoms in total. The minimum absolute atomic E-state index is 0.0303. The molecular weight excluding hydrogens is 335 g/mol. The summed E-state index contributed by atoms with van der Waals surface area (Å²) in [6.45, 7) is 0.313. The van der Waals surface area contributed by atoms with Crippen molar-refractivity contribution in [2.24, 2.45) is 0 Å². The number of rotatable bonds is 2. The van der Waals surface area contributed by atoms with Crippen LogP contribution in [0, 0.1) is 5.82 Å². The number of nitrogens with one attached hydrogen (secondary N) is 1. The van der Waals surface area contributed by atoms with E-state index in [-0.39, 0.29) is 25.4 Å². The molecule has 2 N–H and O–H groups in total. The first kappa shape index (κ1) is 14.7. The zero-order chi connectivity index (χ0) is 14.7. The van der Waals surface area contributed by atoms with Gasteiger partial charge in [-0.15, -0.1) is 0 Å². The van der Waals surface area contributed by atoms with Gasteiger partial charge in [-0.2, -0.15) is 0 Å². The number of amides is 2. The predicted octanol–water partition coefficient (Wildman–Crippen LogP) is 1.91. The third-order valence-electron chi connectivity index (χ3n) is 2.80. The number of halogens is 2. The highest BCUT2D eigenvalue weighted by atomic mass is 79.9. The summed E-state index contributed by atoms with van der Waals surface area (Å²) in [7, 11) is 0. The summed E-state index contributed by atoms with van der Waals surface area (Å²) < 4.78 is 19.2. The molecule has 0 aromatic heterocycles. The third-order valence-corrected chi connectivity index (χ3v) is 3.29. The number of carbonyl (C=O) groups excluding carboxylic acids is 1. The standard InChI is InChI=1S/C12H12BrFN2O4/c13-7-1-2-8(14)9(5-7)15-12(19)16-3-4-20-10(6-16)11(17)18/h1-2,5,10H,3-4,6H2,(H,15,19)(H,17,18). The number of benzene rings is 1. The van der Waals surface area contributed by atoms with Crippen molar-refractivity contribution in [3.8, 4) is 0 Å². The van der Waals surface area contributed by atoms with E-state index in [4.69, 9.17) is 9.84 Å². The lowest BCUT2D eigenvalue weighted by Crippen LogP contribution is -2.50.